The van der Waals surface area contributed by atoms with Crippen molar-refractivity contribution in [3.05, 3.63) is 50.7 Å². The molecular weight excluding hydrogens is 280 g/mol. The fourth-order valence-electron chi connectivity index (χ4n) is 2.35. The van der Waals surface area contributed by atoms with E-state index >= 15 is 0 Å². The van der Waals surface area contributed by atoms with Gasteiger partial charge in [0.1, 0.15) is 11.9 Å². The summed E-state index contributed by atoms with van der Waals surface area (Å²) < 4.78 is 6.35. The lowest BCUT2D eigenvalue weighted by molar-refractivity contribution is 0.224. The zero-order chi connectivity index (χ0) is 13.6. The second-order valence-corrected chi connectivity index (χ2v) is 7.22. The van der Waals surface area contributed by atoms with Gasteiger partial charge in [-0.1, -0.05) is 31.5 Å². The predicted octanol–water partition coefficient (Wildman–Crippen LogP) is 4.15. The smallest absolute Gasteiger partial charge is 0.123 e. The van der Waals surface area contributed by atoms with Crippen LogP contribution in [0.15, 0.2) is 30.3 Å². The molecule has 0 spiro atoms. The van der Waals surface area contributed by atoms with Gasteiger partial charge in [0.2, 0.25) is 0 Å². The zero-order valence-corrected chi connectivity index (χ0v) is 12.4. The number of rotatable bonds is 2. The standard InChI is InChI=1S/C15H15ClO2S/c1-15(2)8-18-11-4-3-9(7-10(11)15)14(17)12-5-6-13(16)19-12/h3-7,14,17H,8H2,1-2H3. The summed E-state index contributed by atoms with van der Waals surface area (Å²) >= 11 is 7.33. The van der Waals surface area contributed by atoms with E-state index in [4.69, 9.17) is 16.3 Å². The van der Waals surface area contributed by atoms with E-state index < -0.39 is 6.10 Å². The molecule has 1 aliphatic heterocycles. The third-order valence-electron chi connectivity index (χ3n) is 3.50. The Morgan fingerprint density at radius 2 is 2.11 bits per heavy atom. The van der Waals surface area contributed by atoms with Crippen molar-refractivity contribution in [1.29, 1.82) is 0 Å². The van der Waals surface area contributed by atoms with Gasteiger partial charge in [0.25, 0.3) is 0 Å². The Bertz CT molecular complexity index is 618. The highest BCUT2D eigenvalue weighted by Gasteiger charge is 2.32. The maximum Gasteiger partial charge on any atom is 0.123 e. The Labute approximate surface area is 121 Å². The van der Waals surface area contributed by atoms with Gasteiger partial charge in [-0.2, -0.15) is 0 Å². The molecule has 0 amide bonds. The Morgan fingerprint density at radius 1 is 1.32 bits per heavy atom. The molecule has 1 aromatic carbocycles. The van der Waals surface area contributed by atoms with Gasteiger partial charge in [0.15, 0.2) is 0 Å². The molecule has 2 nitrogen and oxygen atoms in total. The summed E-state index contributed by atoms with van der Waals surface area (Å²) in [7, 11) is 0. The SMILES string of the molecule is CC1(C)COc2ccc(C(O)c3ccc(Cl)s3)cc21. The molecule has 0 aliphatic carbocycles. The highest BCUT2D eigenvalue weighted by atomic mass is 35.5. The molecule has 2 aromatic rings. The second kappa shape index (κ2) is 4.51. The topological polar surface area (TPSA) is 29.5 Å². The molecule has 0 fully saturated rings. The largest absolute Gasteiger partial charge is 0.492 e. The van der Waals surface area contributed by atoms with Crippen molar-refractivity contribution in [2.75, 3.05) is 6.61 Å². The first kappa shape index (κ1) is 13.0. The summed E-state index contributed by atoms with van der Waals surface area (Å²) in [6.07, 6.45) is -0.626. The lowest BCUT2D eigenvalue weighted by Gasteiger charge is -2.17. The van der Waals surface area contributed by atoms with Crippen molar-refractivity contribution >= 4 is 22.9 Å². The minimum Gasteiger partial charge on any atom is -0.492 e. The summed E-state index contributed by atoms with van der Waals surface area (Å²) in [5, 5.41) is 10.4. The van der Waals surface area contributed by atoms with Crippen LogP contribution in [0.3, 0.4) is 0 Å². The molecule has 1 N–H and O–H groups in total. The number of benzene rings is 1. The van der Waals surface area contributed by atoms with Crippen molar-refractivity contribution in [3.8, 4) is 5.75 Å². The monoisotopic (exact) mass is 294 g/mol. The molecule has 0 saturated heterocycles. The van der Waals surface area contributed by atoms with Crippen LogP contribution in [0.25, 0.3) is 0 Å². The van der Waals surface area contributed by atoms with Crippen molar-refractivity contribution in [2.24, 2.45) is 0 Å². The van der Waals surface area contributed by atoms with E-state index in [-0.39, 0.29) is 5.41 Å². The van der Waals surface area contributed by atoms with Crippen molar-refractivity contribution in [2.45, 2.75) is 25.4 Å². The zero-order valence-electron chi connectivity index (χ0n) is 10.8. The summed E-state index contributed by atoms with van der Waals surface area (Å²) in [4.78, 5) is 0.863. The van der Waals surface area contributed by atoms with Crippen LogP contribution in [0.4, 0.5) is 0 Å². The van der Waals surface area contributed by atoms with Crippen LogP contribution in [0, 0.1) is 0 Å². The number of aliphatic hydroxyl groups excluding tert-OH is 1. The average molecular weight is 295 g/mol. The van der Waals surface area contributed by atoms with Crippen LogP contribution in [0.2, 0.25) is 4.34 Å². The second-order valence-electron chi connectivity index (χ2n) is 5.47. The molecule has 1 aliphatic rings. The van der Waals surface area contributed by atoms with E-state index in [2.05, 4.69) is 13.8 Å². The van der Waals surface area contributed by atoms with Crippen LogP contribution in [0.5, 0.6) is 5.75 Å². The van der Waals surface area contributed by atoms with Gasteiger partial charge in [-0.25, -0.2) is 0 Å². The summed E-state index contributed by atoms with van der Waals surface area (Å²) in [5.41, 5.74) is 2.04. The Morgan fingerprint density at radius 3 is 2.79 bits per heavy atom. The fraction of sp³-hybridized carbons (Fsp3) is 0.333. The number of fused-ring (bicyclic) bond motifs is 1. The molecular formula is C15H15ClO2S. The first-order valence-electron chi connectivity index (χ1n) is 6.18. The Kier molecular flexibility index (Phi) is 3.08. The van der Waals surface area contributed by atoms with Gasteiger partial charge in [0.05, 0.1) is 10.9 Å². The third-order valence-corrected chi connectivity index (χ3v) is 4.78. The quantitative estimate of drug-likeness (QED) is 0.901. The maximum absolute atomic E-state index is 10.4. The Hall–Kier alpha value is -1.03. The van der Waals surface area contributed by atoms with E-state index in [0.29, 0.717) is 10.9 Å². The van der Waals surface area contributed by atoms with Gasteiger partial charge in [-0.05, 0) is 29.8 Å². The van der Waals surface area contributed by atoms with E-state index in [1.807, 2.05) is 30.3 Å². The molecule has 0 saturated carbocycles. The average Bonchev–Trinajstić information content (AvgIpc) is 2.93. The molecule has 100 valence electrons. The van der Waals surface area contributed by atoms with Crippen LogP contribution in [-0.4, -0.2) is 11.7 Å². The van der Waals surface area contributed by atoms with Crippen LogP contribution in [0.1, 0.15) is 36.0 Å². The molecule has 19 heavy (non-hydrogen) atoms. The van der Waals surface area contributed by atoms with Crippen molar-refractivity contribution < 1.29 is 9.84 Å². The number of ether oxygens (including phenoxy) is 1. The third kappa shape index (κ3) is 2.27. The van der Waals surface area contributed by atoms with Gasteiger partial charge >= 0.3 is 0 Å². The molecule has 0 radical (unpaired) electrons. The first-order chi connectivity index (χ1) is 8.97. The first-order valence-corrected chi connectivity index (χ1v) is 7.37. The predicted molar refractivity (Wildman–Crippen MR) is 78.4 cm³/mol. The molecule has 2 heterocycles. The molecule has 1 aromatic heterocycles. The highest BCUT2D eigenvalue weighted by Crippen LogP contribution is 2.41. The van der Waals surface area contributed by atoms with Crippen LogP contribution < -0.4 is 4.74 Å². The lowest BCUT2D eigenvalue weighted by Crippen LogP contribution is -2.18. The summed E-state index contributed by atoms with van der Waals surface area (Å²) in [6.45, 7) is 4.99. The van der Waals surface area contributed by atoms with E-state index in [1.165, 1.54) is 11.3 Å². The number of hydrogen-bond acceptors (Lipinski definition) is 3. The minimum atomic E-state index is -0.626. The van der Waals surface area contributed by atoms with Gasteiger partial charge in [0, 0.05) is 15.9 Å². The number of thiophene rings is 1. The molecule has 4 heteroatoms. The van der Waals surface area contributed by atoms with Gasteiger partial charge < -0.3 is 9.84 Å². The highest BCUT2D eigenvalue weighted by molar-refractivity contribution is 7.16. The van der Waals surface area contributed by atoms with E-state index in [9.17, 15) is 5.11 Å². The number of aliphatic hydroxyl groups is 1. The normalized spacial score (nSPS) is 17.9. The molecule has 3 rings (SSSR count). The van der Waals surface area contributed by atoms with Crippen molar-refractivity contribution in [3.63, 3.8) is 0 Å². The fourth-order valence-corrected chi connectivity index (χ4v) is 3.42. The van der Waals surface area contributed by atoms with Gasteiger partial charge in [-0.3, -0.25) is 0 Å². The molecule has 1 atom stereocenters. The summed E-state index contributed by atoms with van der Waals surface area (Å²) in [5.74, 6) is 0.921. The van der Waals surface area contributed by atoms with Crippen molar-refractivity contribution in [1.82, 2.24) is 0 Å². The minimum absolute atomic E-state index is 0.00183. The number of halogens is 1. The molecule has 1 unspecified atom stereocenters. The van der Waals surface area contributed by atoms with Gasteiger partial charge in [-0.15, -0.1) is 11.3 Å². The van der Waals surface area contributed by atoms with E-state index in [1.54, 1.807) is 0 Å². The van der Waals surface area contributed by atoms with E-state index in [0.717, 1.165) is 21.8 Å². The molecule has 0 bridgehead atoms. The van der Waals surface area contributed by atoms with Crippen LogP contribution >= 0.6 is 22.9 Å². The van der Waals surface area contributed by atoms with Crippen LogP contribution in [-0.2, 0) is 5.41 Å². The maximum atomic E-state index is 10.4. The Balaban J connectivity index is 1.99. The lowest BCUT2D eigenvalue weighted by atomic mass is 9.85. The number of hydrogen-bond donors (Lipinski definition) is 1. The summed E-state index contributed by atoms with van der Waals surface area (Å²) in [6, 6.07) is 9.58.